The van der Waals surface area contributed by atoms with Gasteiger partial charge in [0.25, 0.3) is 5.56 Å². The Morgan fingerprint density at radius 3 is 2.49 bits per heavy atom. The number of hydrogen-bond donors (Lipinski definition) is 0. The van der Waals surface area contributed by atoms with Crippen LogP contribution in [-0.2, 0) is 9.53 Å². The Hall–Kier alpha value is -3.91. The van der Waals surface area contributed by atoms with Gasteiger partial charge in [-0.3, -0.25) is 9.36 Å². The number of aromatic nitrogens is 1. The molecule has 0 radical (unpaired) electrons. The van der Waals surface area contributed by atoms with E-state index in [1.165, 1.54) is 16.9 Å². The molecule has 1 aliphatic heterocycles. The number of allylic oxidation sites excluding steroid dienone is 1. The summed E-state index contributed by atoms with van der Waals surface area (Å²) in [7, 11) is 0. The van der Waals surface area contributed by atoms with Gasteiger partial charge in [0.2, 0.25) is 0 Å². The summed E-state index contributed by atoms with van der Waals surface area (Å²) in [5.41, 5.74) is 3.48. The zero-order valence-electron chi connectivity index (χ0n) is 23.0. The molecule has 4 rings (SSSR count). The topological polar surface area (TPSA) is 79.1 Å². The molecule has 0 spiro atoms. The van der Waals surface area contributed by atoms with Crippen LogP contribution in [0.5, 0.6) is 11.5 Å². The molecule has 204 valence electrons. The van der Waals surface area contributed by atoms with Crippen molar-refractivity contribution in [3.8, 4) is 11.5 Å². The summed E-state index contributed by atoms with van der Waals surface area (Å²) in [6, 6.07) is 12.9. The van der Waals surface area contributed by atoms with Gasteiger partial charge < -0.3 is 14.2 Å². The van der Waals surface area contributed by atoms with Crippen LogP contribution in [0.3, 0.4) is 0 Å². The lowest BCUT2D eigenvalue weighted by Crippen LogP contribution is -2.39. The van der Waals surface area contributed by atoms with Crippen LogP contribution in [0.1, 0.15) is 63.3 Å². The molecule has 7 nitrogen and oxygen atoms in total. The van der Waals surface area contributed by atoms with Crippen LogP contribution in [0.25, 0.3) is 6.08 Å². The van der Waals surface area contributed by atoms with E-state index in [0.29, 0.717) is 51.2 Å². The smallest absolute Gasteiger partial charge is 0.338 e. The Labute approximate surface area is 232 Å². The lowest BCUT2D eigenvalue weighted by atomic mass is 9.93. The molecule has 0 saturated heterocycles. The van der Waals surface area contributed by atoms with Crippen molar-refractivity contribution in [1.29, 1.82) is 0 Å². The maximum atomic E-state index is 13.9. The molecular weight excluding hydrogens is 512 g/mol. The third-order valence-electron chi connectivity index (χ3n) is 6.36. The first-order valence-corrected chi connectivity index (χ1v) is 13.9. The second kappa shape index (κ2) is 12.3. The Morgan fingerprint density at radius 1 is 1.10 bits per heavy atom. The van der Waals surface area contributed by atoms with Crippen molar-refractivity contribution in [2.45, 2.75) is 46.6 Å². The Kier molecular flexibility index (Phi) is 8.86. The van der Waals surface area contributed by atoms with Gasteiger partial charge in [0.1, 0.15) is 6.61 Å². The number of nitrogens with zero attached hydrogens (tertiary/aromatic N) is 2. The summed E-state index contributed by atoms with van der Waals surface area (Å²) >= 11 is 1.29. The highest BCUT2D eigenvalue weighted by Crippen LogP contribution is 2.32. The van der Waals surface area contributed by atoms with Gasteiger partial charge in [-0.05, 0) is 61.6 Å². The lowest BCUT2D eigenvalue weighted by Gasteiger charge is -2.25. The molecule has 0 unspecified atom stereocenters. The molecule has 0 aliphatic carbocycles. The van der Waals surface area contributed by atoms with Gasteiger partial charge in [0, 0.05) is 0 Å². The molecule has 0 saturated carbocycles. The fourth-order valence-corrected chi connectivity index (χ4v) is 5.52. The fourth-order valence-electron chi connectivity index (χ4n) is 4.47. The van der Waals surface area contributed by atoms with E-state index in [9.17, 15) is 9.59 Å². The SMILES string of the molecule is C=CCOc1ccc(/C=c2\sc3n(c2=O)[C@H](c2ccc(C(C)C)cc2)C(C(=O)OCC)=C(C)N=3)cc1OCC. The number of hydrogen-bond acceptors (Lipinski definition) is 7. The number of thiazole rings is 1. The minimum atomic E-state index is -0.641. The van der Waals surface area contributed by atoms with Gasteiger partial charge >= 0.3 is 5.97 Å². The predicted octanol–water partition coefficient (Wildman–Crippen LogP) is 4.89. The van der Waals surface area contributed by atoms with Crippen molar-refractivity contribution in [3.63, 3.8) is 0 Å². The summed E-state index contributed by atoms with van der Waals surface area (Å²) in [5, 5.41) is 0. The first-order valence-electron chi connectivity index (χ1n) is 13.1. The number of rotatable bonds is 10. The Morgan fingerprint density at radius 2 is 1.85 bits per heavy atom. The molecule has 3 aromatic rings. The number of carbonyl (C=O) groups excluding carboxylic acids is 1. The largest absolute Gasteiger partial charge is 0.490 e. The van der Waals surface area contributed by atoms with E-state index in [1.807, 2.05) is 55.5 Å². The normalized spacial score (nSPS) is 15.1. The van der Waals surface area contributed by atoms with Crippen molar-refractivity contribution in [2.24, 2.45) is 4.99 Å². The zero-order chi connectivity index (χ0) is 28.1. The van der Waals surface area contributed by atoms with Crippen molar-refractivity contribution < 1.29 is 19.0 Å². The zero-order valence-corrected chi connectivity index (χ0v) is 23.8. The Bertz CT molecular complexity index is 1580. The first-order chi connectivity index (χ1) is 18.8. The summed E-state index contributed by atoms with van der Waals surface area (Å²) in [5.74, 6) is 1.08. The van der Waals surface area contributed by atoms with Crippen LogP contribution >= 0.6 is 11.3 Å². The fraction of sp³-hybridized carbons (Fsp3) is 0.323. The average Bonchev–Trinajstić information content (AvgIpc) is 3.21. The summed E-state index contributed by atoms with van der Waals surface area (Å²) < 4.78 is 19.0. The highest BCUT2D eigenvalue weighted by Gasteiger charge is 2.33. The molecule has 2 heterocycles. The molecule has 0 bridgehead atoms. The third-order valence-corrected chi connectivity index (χ3v) is 7.34. The van der Waals surface area contributed by atoms with Gasteiger partial charge in [0.05, 0.1) is 35.1 Å². The van der Waals surface area contributed by atoms with E-state index in [1.54, 1.807) is 24.5 Å². The molecule has 0 N–H and O–H groups in total. The number of carbonyl (C=O) groups is 1. The van der Waals surface area contributed by atoms with Crippen LogP contribution in [0.4, 0.5) is 0 Å². The van der Waals surface area contributed by atoms with Crippen LogP contribution in [-0.4, -0.2) is 30.4 Å². The molecule has 1 atom stereocenters. The quantitative estimate of drug-likeness (QED) is 0.267. The van der Waals surface area contributed by atoms with E-state index in [2.05, 4.69) is 25.4 Å². The lowest BCUT2D eigenvalue weighted by molar-refractivity contribution is -0.139. The average molecular weight is 547 g/mol. The third kappa shape index (κ3) is 5.91. The van der Waals surface area contributed by atoms with E-state index in [4.69, 9.17) is 14.2 Å². The monoisotopic (exact) mass is 546 g/mol. The molecule has 0 amide bonds. The number of esters is 1. The standard InChI is InChI=1S/C31H34N2O5S/c1-7-16-38-24-15-10-21(17-25(24)36-8-2)18-26-29(34)33-28(23-13-11-22(12-14-23)19(4)5)27(30(35)37-9-3)20(6)32-31(33)39-26/h7,10-15,17-19,28H,1,8-9,16H2,2-6H3/b26-18-/t28-/m1/s1. The minimum Gasteiger partial charge on any atom is -0.490 e. The molecule has 39 heavy (non-hydrogen) atoms. The van der Waals surface area contributed by atoms with E-state index in [0.717, 1.165) is 11.1 Å². The molecule has 1 aromatic heterocycles. The predicted molar refractivity (Wildman–Crippen MR) is 154 cm³/mol. The highest BCUT2D eigenvalue weighted by atomic mass is 32.1. The summed E-state index contributed by atoms with van der Waals surface area (Å²) in [6.45, 7) is 14.5. The Balaban J connectivity index is 1.86. The molecule has 0 fully saturated rings. The molecule has 8 heteroatoms. The first kappa shape index (κ1) is 28.1. The maximum absolute atomic E-state index is 13.9. The molecule has 1 aliphatic rings. The minimum absolute atomic E-state index is 0.226. The van der Waals surface area contributed by atoms with Gasteiger partial charge in [-0.25, -0.2) is 9.79 Å². The summed E-state index contributed by atoms with van der Waals surface area (Å²) in [6.07, 6.45) is 3.48. The highest BCUT2D eigenvalue weighted by molar-refractivity contribution is 7.07. The second-order valence-electron chi connectivity index (χ2n) is 9.36. The van der Waals surface area contributed by atoms with E-state index in [-0.39, 0.29) is 12.2 Å². The van der Waals surface area contributed by atoms with Gasteiger partial charge in [-0.1, -0.05) is 68.2 Å². The van der Waals surface area contributed by atoms with Crippen molar-refractivity contribution in [1.82, 2.24) is 4.57 Å². The van der Waals surface area contributed by atoms with Crippen LogP contribution in [0, 0.1) is 0 Å². The van der Waals surface area contributed by atoms with Crippen LogP contribution in [0.15, 0.2) is 76.2 Å². The molecule has 2 aromatic carbocycles. The van der Waals surface area contributed by atoms with Crippen LogP contribution < -0.4 is 24.4 Å². The number of ether oxygens (including phenoxy) is 3. The van der Waals surface area contributed by atoms with Gasteiger partial charge in [-0.2, -0.15) is 0 Å². The van der Waals surface area contributed by atoms with Gasteiger partial charge in [0.15, 0.2) is 16.3 Å². The maximum Gasteiger partial charge on any atom is 0.338 e. The van der Waals surface area contributed by atoms with E-state index >= 15 is 0 Å². The number of fused-ring (bicyclic) bond motifs is 1. The summed E-state index contributed by atoms with van der Waals surface area (Å²) in [4.78, 5) is 32.2. The van der Waals surface area contributed by atoms with Crippen molar-refractivity contribution in [2.75, 3.05) is 19.8 Å². The van der Waals surface area contributed by atoms with Crippen molar-refractivity contribution in [3.05, 3.63) is 103 Å². The van der Waals surface area contributed by atoms with E-state index < -0.39 is 12.0 Å². The van der Waals surface area contributed by atoms with Crippen molar-refractivity contribution >= 4 is 23.4 Å². The van der Waals surface area contributed by atoms with Crippen LogP contribution in [0.2, 0.25) is 0 Å². The van der Waals surface area contributed by atoms with Gasteiger partial charge in [-0.15, -0.1) is 0 Å². The number of benzene rings is 2. The second-order valence-corrected chi connectivity index (χ2v) is 10.4. The molecular formula is C31H34N2O5S.